The summed E-state index contributed by atoms with van der Waals surface area (Å²) in [4.78, 5) is 37.1. The maximum absolute atomic E-state index is 12.3. The highest BCUT2D eigenvalue weighted by molar-refractivity contribution is 8.15. The first-order valence-electron chi connectivity index (χ1n) is 6.54. The number of nitrogens with zero attached hydrogens (tertiary/aromatic N) is 1. The quantitative estimate of drug-likeness (QED) is 0.920. The number of benzene rings is 1. The highest BCUT2D eigenvalue weighted by atomic mass is 32.2. The average molecular weight is 290 g/mol. The van der Waals surface area contributed by atoms with Crippen molar-refractivity contribution in [3.63, 3.8) is 0 Å². The van der Waals surface area contributed by atoms with Gasteiger partial charge in [-0.15, -0.1) is 0 Å². The molecular formula is C14H14N2O3S. The molecule has 0 aromatic heterocycles. The molecule has 6 heteroatoms. The molecule has 3 amide bonds. The second kappa shape index (κ2) is 5.28. The van der Waals surface area contributed by atoms with Gasteiger partial charge in [-0.25, -0.2) is 4.90 Å². The molecule has 1 aromatic carbocycles. The summed E-state index contributed by atoms with van der Waals surface area (Å²) in [6.45, 7) is 0. The Kier molecular flexibility index (Phi) is 3.48. The Balaban J connectivity index is 1.68. The Labute approximate surface area is 120 Å². The van der Waals surface area contributed by atoms with Gasteiger partial charge in [0.05, 0.1) is 5.69 Å². The van der Waals surface area contributed by atoms with Gasteiger partial charge in [0.1, 0.15) is 5.25 Å². The zero-order valence-corrected chi connectivity index (χ0v) is 11.6. The van der Waals surface area contributed by atoms with Crippen molar-refractivity contribution < 1.29 is 14.4 Å². The minimum Gasteiger partial charge on any atom is -0.353 e. The van der Waals surface area contributed by atoms with Crippen LogP contribution < -0.4 is 10.2 Å². The van der Waals surface area contributed by atoms with Gasteiger partial charge >= 0.3 is 0 Å². The first-order chi connectivity index (χ1) is 9.65. The normalized spacial score (nSPS) is 22.2. The monoisotopic (exact) mass is 290 g/mol. The first-order valence-corrected chi connectivity index (χ1v) is 7.42. The number of rotatable bonds is 4. The predicted octanol–water partition coefficient (Wildman–Crippen LogP) is 1.92. The molecule has 0 bridgehead atoms. The van der Waals surface area contributed by atoms with Gasteiger partial charge in [-0.05, 0) is 36.7 Å². The highest BCUT2D eigenvalue weighted by Crippen LogP contribution is 2.33. The van der Waals surface area contributed by atoms with Gasteiger partial charge < -0.3 is 5.32 Å². The lowest BCUT2D eigenvalue weighted by molar-refractivity contribution is -0.124. The summed E-state index contributed by atoms with van der Waals surface area (Å²) < 4.78 is 0. The molecule has 20 heavy (non-hydrogen) atoms. The van der Waals surface area contributed by atoms with E-state index >= 15 is 0 Å². The van der Waals surface area contributed by atoms with E-state index in [0.29, 0.717) is 5.69 Å². The molecule has 2 fully saturated rings. The number of imide groups is 1. The van der Waals surface area contributed by atoms with Crippen LogP contribution in [0.25, 0.3) is 0 Å². The van der Waals surface area contributed by atoms with Crippen LogP contribution in [0.1, 0.15) is 19.3 Å². The van der Waals surface area contributed by atoms with Gasteiger partial charge in [-0.1, -0.05) is 18.2 Å². The zero-order chi connectivity index (χ0) is 14.1. The van der Waals surface area contributed by atoms with Crippen LogP contribution in [0.5, 0.6) is 0 Å². The SMILES string of the molecule is O=C(C[C@H]1SC(=O)N(c2ccccc2)C1=O)NC1CC1. The summed E-state index contributed by atoms with van der Waals surface area (Å²) in [5.74, 6) is -0.460. The average Bonchev–Trinajstić information content (AvgIpc) is 3.18. The summed E-state index contributed by atoms with van der Waals surface area (Å²) in [5.41, 5.74) is 0.556. The van der Waals surface area contributed by atoms with E-state index in [1.54, 1.807) is 24.3 Å². The van der Waals surface area contributed by atoms with Gasteiger partial charge in [0.15, 0.2) is 0 Å². The number of amides is 3. The molecule has 1 aliphatic carbocycles. The first kappa shape index (κ1) is 13.2. The van der Waals surface area contributed by atoms with Crippen molar-refractivity contribution in [3.05, 3.63) is 30.3 Å². The maximum atomic E-state index is 12.3. The van der Waals surface area contributed by atoms with Gasteiger partial charge in [0, 0.05) is 12.5 Å². The lowest BCUT2D eigenvalue weighted by atomic mass is 10.2. The summed E-state index contributed by atoms with van der Waals surface area (Å²) in [6.07, 6.45) is 2.08. The Morgan fingerprint density at radius 1 is 1.25 bits per heavy atom. The molecule has 1 saturated heterocycles. The van der Waals surface area contributed by atoms with Crippen molar-refractivity contribution in [2.45, 2.75) is 30.6 Å². The fourth-order valence-corrected chi connectivity index (χ4v) is 3.07. The smallest absolute Gasteiger partial charge is 0.293 e. The zero-order valence-electron chi connectivity index (χ0n) is 10.7. The third kappa shape index (κ3) is 2.70. The molecule has 1 N–H and O–H groups in total. The molecule has 0 radical (unpaired) electrons. The number of para-hydroxylation sites is 1. The molecule has 5 nitrogen and oxygen atoms in total. The van der Waals surface area contributed by atoms with E-state index in [4.69, 9.17) is 0 Å². The Morgan fingerprint density at radius 3 is 2.60 bits per heavy atom. The van der Waals surface area contributed by atoms with Crippen molar-refractivity contribution in [2.75, 3.05) is 4.90 Å². The van der Waals surface area contributed by atoms with Crippen LogP contribution in [0.4, 0.5) is 10.5 Å². The summed E-state index contributed by atoms with van der Waals surface area (Å²) in [6, 6.07) is 9.06. The minimum atomic E-state index is -0.610. The number of hydrogen-bond donors (Lipinski definition) is 1. The van der Waals surface area contributed by atoms with Crippen LogP contribution >= 0.6 is 11.8 Å². The minimum absolute atomic E-state index is 0.0646. The predicted molar refractivity (Wildman–Crippen MR) is 76.5 cm³/mol. The maximum Gasteiger partial charge on any atom is 0.293 e. The number of anilines is 1. The van der Waals surface area contributed by atoms with Gasteiger partial charge in [-0.3, -0.25) is 14.4 Å². The molecule has 2 aliphatic rings. The molecule has 104 valence electrons. The third-order valence-corrected chi connectivity index (χ3v) is 4.29. The van der Waals surface area contributed by atoms with E-state index in [1.165, 1.54) is 0 Å². The molecule has 1 aliphatic heterocycles. The number of carbonyl (C=O) groups excluding carboxylic acids is 3. The molecule has 1 heterocycles. The van der Waals surface area contributed by atoms with Gasteiger partial charge in [0.2, 0.25) is 11.8 Å². The molecule has 0 unspecified atom stereocenters. The summed E-state index contributed by atoms with van der Waals surface area (Å²) >= 11 is 0.929. The summed E-state index contributed by atoms with van der Waals surface area (Å²) in [7, 11) is 0. The number of nitrogens with one attached hydrogen (secondary N) is 1. The van der Waals surface area contributed by atoms with Crippen LogP contribution in [-0.2, 0) is 9.59 Å². The Hall–Kier alpha value is -1.82. The van der Waals surface area contributed by atoms with Crippen molar-refractivity contribution >= 4 is 34.5 Å². The van der Waals surface area contributed by atoms with Gasteiger partial charge in [-0.2, -0.15) is 0 Å². The fourth-order valence-electron chi connectivity index (χ4n) is 2.08. The summed E-state index contributed by atoms with van der Waals surface area (Å²) in [5, 5.41) is 1.91. The number of carbonyl (C=O) groups is 3. The molecule has 1 saturated carbocycles. The van der Waals surface area contributed by atoms with Gasteiger partial charge in [0.25, 0.3) is 5.24 Å². The Morgan fingerprint density at radius 2 is 1.95 bits per heavy atom. The largest absolute Gasteiger partial charge is 0.353 e. The van der Waals surface area contributed by atoms with Crippen molar-refractivity contribution in [1.29, 1.82) is 0 Å². The van der Waals surface area contributed by atoms with Crippen LogP contribution in [-0.4, -0.2) is 28.3 Å². The van der Waals surface area contributed by atoms with E-state index in [1.807, 2.05) is 6.07 Å². The second-order valence-corrected chi connectivity index (χ2v) is 6.08. The lowest BCUT2D eigenvalue weighted by Crippen LogP contribution is -2.34. The Bertz CT molecular complexity index is 557. The van der Waals surface area contributed by atoms with E-state index in [0.717, 1.165) is 29.5 Å². The van der Waals surface area contributed by atoms with Crippen LogP contribution in [0.2, 0.25) is 0 Å². The van der Waals surface area contributed by atoms with E-state index in [-0.39, 0.29) is 29.5 Å². The van der Waals surface area contributed by atoms with E-state index < -0.39 is 5.25 Å². The van der Waals surface area contributed by atoms with Crippen LogP contribution in [0.3, 0.4) is 0 Å². The van der Waals surface area contributed by atoms with Crippen LogP contribution in [0, 0.1) is 0 Å². The lowest BCUT2D eigenvalue weighted by Gasteiger charge is -2.13. The topological polar surface area (TPSA) is 66.5 Å². The highest BCUT2D eigenvalue weighted by Gasteiger charge is 2.41. The third-order valence-electron chi connectivity index (χ3n) is 3.25. The van der Waals surface area contributed by atoms with E-state index in [9.17, 15) is 14.4 Å². The van der Waals surface area contributed by atoms with E-state index in [2.05, 4.69) is 5.32 Å². The number of hydrogen-bond acceptors (Lipinski definition) is 4. The molecule has 1 aromatic rings. The molecule has 0 spiro atoms. The van der Waals surface area contributed by atoms with Crippen molar-refractivity contribution in [1.82, 2.24) is 5.32 Å². The molecule has 3 rings (SSSR count). The standard InChI is InChI=1S/C14H14N2O3S/c17-12(15-9-6-7-9)8-11-13(18)16(14(19)20-11)10-4-2-1-3-5-10/h1-5,9,11H,6-8H2,(H,15,17)/t11-/m1/s1. The second-order valence-electron chi connectivity index (χ2n) is 4.93. The van der Waals surface area contributed by atoms with Crippen molar-refractivity contribution in [2.24, 2.45) is 0 Å². The van der Waals surface area contributed by atoms with Crippen molar-refractivity contribution in [3.8, 4) is 0 Å². The fraction of sp³-hybridized carbons (Fsp3) is 0.357. The molecule has 1 atom stereocenters. The van der Waals surface area contributed by atoms with Crippen LogP contribution in [0.15, 0.2) is 30.3 Å². The molecular weight excluding hydrogens is 276 g/mol. The number of thioether (sulfide) groups is 1.